The Bertz CT molecular complexity index is 972. The fourth-order valence-corrected chi connectivity index (χ4v) is 5.12. The van der Waals surface area contributed by atoms with Crippen molar-refractivity contribution in [2.75, 3.05) is 32.1 Å². The van der Waals surface area contributed by atoms with Gasteiger partial charge in [-0.25, -0.2) is 0 Å². The zero-order valence-corrected chi connectivity index (χ0v) is 21.9. The smallest absolute Gasteiger partial charge is 0.225 e. The van der Waals surface area contributed by atoms with E-state index in [4.69, 9.17) is 9.73 Å². The van der Waals surface area contributed by atoms with E-state index in [9.17, 15) is 4.79 Å². The van der Waals surface area contributed by atoms with Crippen LogP contribution in [-0.2, 0) is 10.2 Å². The van der Waals surface area contributed by atoms with Gasteiger partial charge in [0.1, 0.15) is 5.75 Å². The molecule has 1 amide bonds. The molecule has 4 rings (SSSR count). The van der Waals surface area contributed by atoms with E-state index >= 15 is 0 Å². The van der Waals surface area contributed by atoms with E-state index in [1.165, 1.54) is 24.0 Å². The number of nitrogens with one attached hydrogen (secondary N) is 3. The van der Waals surface area contributed by atoms with Crippen molar-refractivity contribution >= 4 is 41.5 Å². The summed E-state index contributed by atoms with van der Waals surface area (Å²) in [5.74, 6) is 1.95. The van der Waals surface area contributed by atoms with Crippen LogP contribution in [0, 0.1) is 0 Å². The minimum atomic E-state index is 0. The second kappa shape index (κ2) is 11.7. The van der Waals surface area contributed by atoms with Crippen LogP contribution in [0.2, 0.25) is 0 Å². The van der Waals surface area contributed by atoms with Gasteiger partial charge >= 0.3 is 0 Å². The summed E-state index contributed by atoms with van der Waals surface area (Å²) in [6, 6.07) is 16.4. The van der Waals surface area contributed by atoms with Crippen LogP contribution in [-0.4, -0.2) is 38.6 Å². The molecule has 1 atom stereocenters. The lowest BCUT2D eigenvalue weighted by molar-refractivity contribution is -0.116. The van der Waals surface area contributed by atoms with Crippen molar-refractivity contribution in [1.82, 2.24) is 10.6 Å². The molecule has 0 aromatic heterocycles. The van der Waals surface area contributed by atoms with E-state index in [2.05, 4.69) is 41.1 Å². The molecule has 6 nitrogen and oxygen atoms in total. The lowest BCUT2D eigenvalue weighted by atomic mass is 9.78. The van der Waals surface area contributed by atoms with Crippen LogP contribution >= 0.6 is 24.0 Å². The second-order valence-corrected chi connectivity index (χ2v) is 8.80. The molecule has 2 aromatic rings. The van der Waals surface area contributed by atoms with Crippen LogP contribution in [0.4, 0.5) is 5.69 Å². The zero-order valence-electron chi connectivity index (χ0n) is 19.5. The number of hydrogen-bond acceptors (Lipinski definition) is 3. The maximum atomic E-state index is 12.2. The molecule has 0 radical (unpaired) electrons. The predicted molar refractivity (Wildman–Crippen MR) is 145 cm³/mol. The number of guanidine groups is 1. The number of anilines is 1. The van der Waals surface area contributed by atoms with E-state index < -0.39 is 0 Å². The van der Waals surface area contributed by atoms with Gasteiger partial charge in [0.2, 0.25) is 5.91 Å². The third-order valence-corrected chi connectivity index (χ3v) is 6.75. The summed E-state index contributed by atoms with van der Waals surface area (Å²) in [7, 11) is 1.74. The van der Waals surface area contributed by atoms with Crippen molar-refractivity contribution in [2.45, 2.75) is 50.4 Å². The Morgan fingerprint density at radius 3 is 2.61 bits per heavy atom. The Kier molecular flexibility index (Phi) is 9.00. The average molecular weight is 562 g/mol. The number of methoxy groups -OCH3 is 1. The van der Waals surface area contributed by atoms with Crippen molar-refractivity contribution in [2.24, 2.45) is 4.99 Å². The second-order valence-electron chi connectivity index (χ2n) is 8.80. The molecule has 0 spiro atoms. The van der Waals surface area contributed by atoms with Gasteiger partial charge in [0.25, 0.3) is 0 Å². The molecular weight excluding hydrogens is 527 g/mol. The van der Waals surface area contributed by atoms with E-state index in [0.29, 0.717) is 19.5 Å². The van der Waals surface area contributed by atoms with Gasteiger partial charge in [-0.05, 0) is 37.5 Å². The van der Waals surface area contributed by atoms with Gasteiger partial charge in [0.05, 0.1) is 13.7 Å². The van der Waals surface area contributed by atoms with Gasteiger partial charge in [0.15, 0.2) is 5.96 Å². The number of carbonyl (C=O) groups is 1. The number of rotatable bonds is 7. The minimum Gasteiger partial charge on any atom is -0.496 e. The first kappa shape index (κ1) is 25.3. The number of carbonyl (C=O) groups excluding carboxylic acids is 1. The average Bonchev–Trinajstić information content (AvgIpc) is 3.30. The normalized spacial score (nSPS) is 19.2. The topological polar surface area (TPSA) is 74.8 Å². The molecule has 0 bridgehead atoms. The van der Waals surface area contributed by atoms with Gasteiger partial charge in [-0.1, -0.05) is 49.2 Å². The fourth-order valence-electron chi connectivity index (χ4n) is 5.12. The zero-order chi connectivity index (χ0) is 22.4. The molecule has 3 N–H and O–H groups in total. The Hall–Kier alpha value is -2.29. The number of para-hydroxylation sites is 2. The van der Waals surface area contributed by atoms with Crippen LogP contribution < -0.4 is 20.7 Å². The third kappa shape index (κ3) is 5.80. The summed E-state index contributed by atoms with van der Waals surface area (Å²) in [5.41, 5.74) is 3.36. The van der Waals surface area contributed by atoms with Crippen LogP contribution in [0.3, 0.4) is 0 Å². The number of benzene rings is 2. The molecule has 1 aliphatic carbocycles. The van der Waals surface area contributed by atoms with Gasteiger partial charge in [0, 0.05) is 42.1 Å². The summed E-state index contributed by atoms with van der Waals surface area (Å²) in [6.45, 7) is 4.24. The first-order chi connectivity index (χ1) is 15.6. The standard InChI is InChI=1S/C26H34N4O2.HI/c1-3-27-25(28-17-19-16-24(31)30-22-12-6-4-10-20(19)22)29-18-26(14-8-9-15-26)21-11-5-7-13-23(21)32-2;/h4-7,10-13,19H,3,8-9,14-18H2,1-2H3,(H,30,31)(H2,27,28,29);1H. The first-order valence-electron chi connectivity index (χ1n) is 11.7. The molecule has 2 aromatic carbocycles. The quantitative estimate of drug-likeness (QED) is 0.258. The number of aliphatic imine (C=N–C) groups is 1. The SMILES string of the molecule is CCNC(=NCC1(c2ccccc2OC)CCCC1)NCC1CC(=O)Nc2ccccc21.I. The highest BCUT2D eigenvalue weighted by molar-refractivity contribution is 14.0. The highest BCUT2D eigenvalue weighted by Crippen LogP contribution is 2.45. The van der Waals surface area contributed by atoms with E-state index in [0.717, 1.165) is 36.8 Å². The molecule has 2 aliphatic rings. The molecule has 1 unspecified atom stereocenters. The number of ether oxygens (including phenoxy) is 1. The Balaban J connectivity index is 0.00000306. The Morgan fingerprint density at radius 2 is 1.85 bits per heavy atom. The highest BCUT2D eigenvalue weighted by Gasteiger charge is 2.37. The summed E-state index contributed by atoms with van der Waals surface area (Å²) in [5, 5.41) is 9.86. The molecule has 1 saturated carbocycles. The maximum Gasteiger partial charge on any atom is 0.225 e. The lowest BCUT2D eigenvalue weighted by Crippen LogP contribution is -2.41. The first-order valence-corrected chi connectivity index (χ1v) is 11.7. The Labute approximate surface area is 214 Å². The number of fused-ring (bicyclic) bond motifs is 1. The van der Waals surface area contributed by atoms with Crippen molar-refractivity contribution < 1.29 is 9.53 Å². The van der Waals surface area contributed by atoms with E-state index in [1.54, 1.807) is 7.11 Å². The van der Waals surface area contributed by atoms with Crippen molar-refractivity contribution in [3.05, 3.63) is 59.7 Å². The van der Waals surface area contributed by atoms with Crippen LogP contribution in [0.1, 0.15) is 56.1 Å². The monoisotopic (exact) mass is 562 g/mol. The van der Waals surface area contributed by atoms with Crippen molar-refractivity contribution in [3.8, 4) is 5.75 Å². The number of nitrogens with zero attached hydrogens (tertiary/aromatic N) is 1. The number of halogens is 1. The lowest BCUT2D eigenvalue weighted by Gasteiger charge is -2.30. The number of hydrogen-bond donors (Lipinski definition) is 3. The molecular formula is C26H35IN4O2. The molecule has 0 saturated heterocycles. The van der Waals surface area contributed by atoms with Gasteiger partial charge < -0.3 is 20.7 Å². The summed E-state index contributed by atoms with van der Waals surface area (Å²) >= 11 is 0. The van der Waals surface area contributed by atoms with Crippen LogP contribution in [0.25, 0.3) is 0 Å². The Morgan fingerprint density at radius 1 is 1.12 bits per heavy atom. The third-order valence-electron chi connectivity index (χ3n) is 6.75. The van der Waals surface area contributed by atoms with Crippen LogP contribution in [0.5, 0.6) is 5.75 Å². The van der Waals surface area contributed by atoms with Gasteiger partial charge in [-0.3, -0.25) is 9.79 Å². The summed E-state index contributed by atoms with van der Waals surface area (Å²) < 4.78 is 5.69. The van der Waals surface area contributed by atoms with E-state index in [-0.39, 0.29) is 41.2 Å². The molecule has 1 heterocycles. The summed E-state index contributed by atoms with van der Waals surface area (Å²) in [6.07, 6.45) is 5.14. The van der Waals surface area contributed by atoms with Crippen molar-refractivity contribution in [1.29, 1.82) is 0 Å². The fraction of sp³-hybridized carbons (Fsp3) is 0.462. The van der Waals surface area contributed by atoms with E-state index in [1.807, 2.05) is 30.3 Å². The molecule has 1 aliphatic heterocycles. The predicted octanol–water partition coefficient (Wildman–Crippen LogP) is 4.81. The van der Waals surface area contributed by atoms with Gasteiger partial charge in [-0.15, -0.1) is 24.0 Å². The highest BCUT2D eigenvalue weighted by atomic mass is 127. The molecule has 7 heteroatoms. The summed E-state index contributed by atoms with van der Waals surface area (Å²) in [4.78, 5) is 17.2. The molecule has 1 fully saturated rings. The van der Waals surface area contributed by atoms with Gasteiger partial charge in [-0.2, -0.15) is 0 Å². The largest absolute Gasteiger partial charge is 0.496 e. The maximum absolute atomic E-state index is 12.2. The van der Waals surface area contributed by atoms with Crippen molar-refractivity contribution in [3.63, 3.8) is 0 Å². The molecule has 178 valence electrons. The minimum absolute atomic E-state index is 0. The number of amides is 1. The molecule has 33 heavy (non-hydrogen) atoms. The van der Waals surface area contributed by atoms with Crippen LogP contribution in [0.15, 0.2) is 53.5 Å².